The Kier molecular flexibility index (Phi) is 6.17. The van der Waals surface area contributed by atoms with Gasteiger partial charge in [-0.25, -0.2) is 5.43 Å². The van der Waals surface area contributed by atoms with Crippen LogP contribution in [0.25, 0.3) is 0 Å². The number of morpholine rings is 1. The first-order chi connectivity index (χ1) is 10.4. The van der Waals surface area contributed by atoms with Crippen molar-refractivity contribution in [3.05, 3.63) is 0 Å². The van der Waals surface area contributed by atoms with Crippen molar-refractivity contribution < 1.29 is 14.6 Å². The van der Waals surface area contributed by atoms with Gasteiger partial charge in [-0.05, 0) is 24.8 Å². The van der Waals surface area contributed by atoms with Crippen LogP contribution in [0.1, 0.15) is 26.7 Å². The Hall–Kier alpha value is -0.730. The summed E-state index contributed by atoms with van der Waals surface area (Å²) in [6.45, 7) is 9.56. The van der Waals surface area contributed by atoms with E-state index in [0.29, 0.717) is 19.5 Å². The van der Waals surface area contributed by atoms with Gasteiger partial charge >= 0.3 is 0 Å². The highest BCUT2D eigenvalue weighted by atomic mass is 16.5. The third kappa shape index (κ3) is 4.39. The van der Waals surface area contributed by atoms with E-state index in [2.05, 4.69) is 24.2 Å². The lowest BCUT2D eigenvalue weighted by Crippen LogP contribution is -2.56. The molecule has 0 aromatic carbocycles. The first-order valence-corrected chi connectivity index (χ1v) is 8.17. The second-order valence-electron chi connectivity index (χ2n) is 7.02. The normalized spacial score (nSPS) is 25.5. The van der Waals surface area contributed by atoms with Gasteiger partial charge in [-0.1, -0.05) is 13.8 Å². The molecule has 0 bridgehead atoms. The molecule has 0 aromatic heterocycles. The molecule has 0 spiro atoms. The first-order valence-electron chi connectivity index (χ1n) is 8.17. The van der Waals surface area contributed by atoms with Crippen LogP contribution in [0.2, 0.25) is 0 Å². The van der Waals surface area contributed by atoms with Gasteiger partial charge in [-0.15, -0.1) is 0 Å². The highest BCUT2D eigenvalue weighted by Crippen LogP contribution is 2.28. The number of amides is 1. The highest BCUT2D eigenvalue weighted by molar-refractivity contribution is 5.83. The van der Waals surface area contributed by atoms with Crippen LogP contribution in [0, 0.1) is 5.41 Å². The second kappa shape index (κ2) is 7.70. The molecule has 2 heterocycles. The SMILES string of the molecule is CC(C)(CCN1CCOCC1)C(NN)C(=O)N1CCC(O)C1. The third-order valence-electron chi connectivity index (χ3n) is 4.85. The minimum atomic E-state index is -0.432. The molecule has 0 saturated carbocycles. The van der Waals surface area contributed by atoms with E-state index < -0.39 is 12.1 Å². The summed E-state index contributed by atoms with van der Waals surface area (Å²) in [6.07, 6.45) is 1.13. The maximum absolute atomic E-state index is 12.7. The molecule has 0 aliphatic carbocycles. The van der Waals surface area contributed by atoms with Gasteiger partial charge in [-0.2, -0.15) is 0 Å². The molecule has 2 aliphatic rings. The minimum absolute atomic E-state index is 0.00831. The number of β-amino-alcohol motifs (C(OH)–C–C–N with tert-alkyl or cyclic N) is 1. The van der Waals surface area contributed by atoms with Crippen LogP contribution in [0.3, 0.4) is 0 Å². The summed E-state index contributed by atoms with van der Waals surface area (Å²) in [5, 5.41) is 9.62. The summed E-state index contributed by atoms with van der Waals surface area (Å²) in [5.74, 6) is 5.67. The highest BCUT2D eigenvalue weighted by Gasteiger charge is 2.38. The Bertz CT molecular complexity index is 372. The average Bonchev–Trinajstić information content (AvgIpc) is 2.93. The predicted octanol–water partition coefficient (Wildman–Crippen LogP) is -0.840. The van der Waals surface area contributed by atoms with Gasteiger partial charge in [0.05, 0.1) is 19.3 Å². The molecule has 7 heteroatoms. The van der Waals surface area contributed by atoms with Crippen molar-refractivity contribution in [3.63, 3.8) is 0 Å². The predicted molar refractivity (Wildman–Crippen MR) is 84.0 cm³/mol. The van der Waals surface area contributed by atoms with Crippen molar-refractivity contribution in [1.82, 2.24) is 15.2 Å². The second-order valence-corrected chi connectivity index (χ2v) is 7.02. The molecular weight excluding hydrogens is 284 g/mol. The third-order valence-corrected chi connectivity index (χ3v) is 4.85. The van der Waals surface area contributed by atoms with Gasteiger partial charge in [0.25, 0.3) is 0 Å². The number of hydrogen-bond acceptors (Lipinski definition) is 6. The Morgan fingerprint density at radius 2 is 2.09 bits per heavy atom. The molecule has 2 atom stereocenters. The lowest BCUT2D eigenvalue weighted by molar-refractivity contribution is -0.136. The average molecular weight is 314 g/mol. The topological polar surface area (TPSA) is 91.1 Å². The first kappa shape index (κ1) is 17.6. The number of rotatable bonds is 6. The number of likely N-dealkylation sites (tertiary alicyclic amines) is 1. The van der Waals surface area contributed by atoms with Crippen LogP contribution < -0.4 is 11.3 Å². The number of ether oxygens (including phenoxy) is 1. The number of hydrazine groups is 1. The molecule has 2 unspecified atom stereocenters. The zero-order valence-electron chi connectivity index (χ0n) is 13.8. The molecule has 2 fully saturated rings. The molecule has 0 radical (unpaired) electrons. The Morgan fingerprint density at radius 1 is 1.41 bits per heavy atom. The summed E-state index contributed by atoms with van der Waals surface area (Å²) >= 11 is 0. The maximum atomic E-state index is 12.7. The fourth-order valence-electron chi connectivity index (χ4n) is 3.17. The summed E-state index contributed by atoms with van der Waals surface area (Å²) in [4.78, 5) is 16.7. The van der Waals surface area contributed by atoms with Gasteiger partial charge in [0, 0.05) is 26.2 Å². The van der Waals surface area contributed by atoms with Crippen LogP contribution in [-0.2, 0) is 9.53 Å². The van der Waals surface area contributed by atoms with E-state index in [0.717, 1.165) is 39.3 Å². The van der Waals surface area contributed by atoms with Gasteiger partial charge in [-0.3, -0.25) is 15.5 Å². The largest absolute Gasteiger partial charge is 0.391 e. The Balaban J connectivity index is 1.90. The van der Waals surface area contributed by atoms with E-state index in [9.17, 15) is 9.90 Å². The number of nitrogens with zero attached hydrogens (tertiary/aromatic N) is 2. The van der Waals surface area contributed by atoms with Crippen LogP contribution in [0.4, 0.5) is 0 Å². The van der Waals surface area contributed by atoms with Gasteiger partial charge < -0.3 is 14.7 Å². The summed E-state index contributed by atoms with van der Waals surface area (Å²) < 4.78 is 5.36. The number of nitrogens with one attached hydrogen (secondary N) is 1. The smallest absolute Gasteiger partial charge is 0.241 e. The van der Waals surface area contributed by atoms with Gasteiger partial charge in [0.1, 0.15) is 6.04 Å². The maximum Gasteiger partial charge on any atom is 0.241 e. The molecule has 2 aliphatic heterocycles. The number of aliphatic hydroxyl groups excluding tert-OH is 1. The number of aliphatic hydroxyl groups is 1. The zero-order valence-corrected chi connectivity index (χ0v) is 13.8. The van der Waals surface area contributed by atoms with Crippen LogP contribution >= 0.6 is 0 Å². The zero-order chi connectivity index (χ0) is 16.2. The number of carbonyl (C=O) groups excluding carboxylic acids is 1. The van der Waals surface area contributed by atoms with Crippen LogP contribution in [-0.4, -0.2) is 78.9 Å². The van der Waals surface area contributed by atoms with E-state index in [4.69, 9.17) is 10.6 Å². The Labute approximate surface area is 132 Å². The van der Waals surface area contributed by atoms with E-state index in [1.165, 1.54) is 0 Å². The minimum Gasteiger partial charge on any atom is -0.391 e. The lowest BCUT2D eigenvalue weighted by Gasteiger charge is -2.37. The number of carbonyl (C=O) groups is 1. The summed E-state index contributed by atoms with van der Waals surface area (Å²) in [7, 11) is 0. The molecule has 2 rings (SSSR count). The molecule has 1 amide bonds. The van der Waals surface area contributed by atoms with E-state index in [-0.39, 0.29) is 11.3 Å². The fourth-order valence-corrected chi connectivity index (χ4v) is 3.17. The molecule has 7 nitrogen and oxygen atoms in total. The van der Waals surface area contributed by atoms with Gasteiger partial charge in [0.2, 0.25) is 5.91 Å². The van der Waals surface area contributed by atoms with Crippen LogP contribution in [0.15, 0.2) is 0 Å². The molecule has 128 valence electrons. The van der Waals surface area contributed by atoms with Crippen molar-refractivity contribution in [2.45, 2.75) is 38.8 Å². The standard InChI is InChI=1S/C15H30N4O3/c1-15(2,4-6-18-7-9-22-10-8-18)13(17-16)14(21)19-5-3-12(20)11-19/h12-13,17,20H,3-11,16H2,1-2H3. The van der Waals surface area contributed by atoms with Crippen LogP contribution in [0.5, 0.6) is 0 Å². The van der Waals surface area contributed by atoms with E-state index >= 15 is 0 Å². The molecule has 4 N–H and O–H groups in total. The Morgan fingerprint density at radius 3 is 2.64 bits per heavy atom. The molecule has 0 aromatic rings. The molecule has 22 heavy (non-hydrogen) atoms. The summed E-state index contributed by atoms with van der Waals surface area (Å²) in [5.41, 5.74) is 2.45. The quantitative estimate of drug-likeness (QED) is 0.437. The molecule has 2 saturated heterocycles. The van der Waals surface area contributed by atoms with Crippen molar-refractivity contribution in [2.75, 3.05) is 45.9 Å². The van der Waals surface area contributed by atoms with Crippen molar-refractivity contribution in [3.8, 4) is 0 Å². The molecular formula is C15H30N4O3. The lowest BCUT2D eigenvalue weighted by atomic mass is 9.80. The fraction of sp³-hybridized carbons (Fsp3) is 0.933. The monoisotopic (exact) mass is 314 g/mol. The van der Waals surface area contributed by atoms with Crippen molar-refractivity contribution in [2.24, 2.45) is 11.3 Å². The van der Waals surface area contributed by atoms with Crippen molar-refractivity contribution in [1.29, 1.82) is 0 Å². The summed E-state index contributed by atoms with van der Waals surface area (Å²) in [6, 6.07) is -0.432. The number of nitrogens with two attached hydrogens (primary N) is 1. The number of hydrogen-bond donors (Lipinski definition) is 3. The van der Waals surface area contributed by atoms with Gasteiger partial charge in [0.15, 0.2) is 0 Å². The van der Waals surface area contributed by atoms with Crippen molar-refractivity contribution >= 4 is 5.91 Å². The van der Waals surface area contributed by atoms with E-state index in [1.807, 2.05) is 0 Å². The van der Waals surface area contributed by atoms with E-state index in [1.54, 1.807) is 4.90 Å².